The topological polar surface area (TPSA) is 76.0 Å². The summed E-state index contributed by atoms with van der Waals surface area (Å²) in [4.78, 5) is 10.6. The molecule has 2 aromatic carbocycles. The molecule has 0 aromatic heterocycles. The zero-order valence-corrected chi connectivity index (χ0v) is 11.5. The van der Waals surface area contributed by atoms with Crippen LogP contribution in [0.5, 0.6) is 11.5 Å². The van der Waals surface area contributed by atoms with Gasteiger partial charge < -0.3 is 19.4 Å². The van der Waals surface area contributed by atoms with Gasteiger partial charge in [-0.1, -0.05) is 30.3 Å². The molecule has 0 bridgehead atoms. The molecule has 5 nitrogen and oxygen atoms in total. The Balaban J connectivity index is 2.10. The van der Waals surface area contributed by atoms with E-state index in [9.17, 15) is 4.79 Å². The van der Waals surface area contributed by atoms with Crippen LogP contribution in [0.15, 0.2) is 42.5 Å². The van der Waals surface area contributed by atoms with Gasteiger partial charge >= 0.3 is 7.32 Å². The van der Waals surface area contributed by atoms with Crippen LogP contribution < -0.4 is 9.39 Å². The van der Waals surface area contributed by atoms with Crippen LogP contribution in [0.25, 0.3) is 0 Å². The molecule has 0 aliphatic rings. The lowest BCUT2D eigenvalue weighted by molar-refractivity contribution is 0.112. The number of benzene rings is 2. The van der Waals surface area contributed by atoms with Gasteiger partial charge in [0.05, 0.1) is 0 Å². The van der Waals surface area contributed by atoms with E-state index in [1.807, 2.05) is 6.92 Å². The van der Waals surface area contributed by atoms with Crippen LogP contribution in [-0.4, -0.2) is 23.7 Å². The van der Waals surface area contributed by atoms with Gasteiger partial charge in [0.15, 0.2) is 5.75 Å². The SMILES string of the molecule is Cc1ccc(OB(O)O)c(OCc2ccc(C=O)cc2)c1. The zero-order chi connectivity index (χ0) is 15.2. The highest BCUT2D eigenvalue weighted by molar-refractivity contribution is 6.33. The molecule has 0 atom stereocenters. The molecule has 6 heteroatoms. The average Bonchev–Trinajstić information content (AvgIpc) is 2.47. The largest absolute Gasteiger partial charge is 0.707 e. The minimum atomic E-state index is -1.90. The molecule has 2 aromatic rings. The third kappa shape index (κ3) is 4.34. The molecular weight excluding hydrogens is 271 g/mol. The molecule has 108 valence electrons. The highest BCUT2D eigenvalue weighted by atomic mass is 16.6. The fraction of sp³-hybridized carbons (Fsp3) is 0.133. The monoisotopic (exact) mass is 286 g/mol. The van der Waals surface area contributed by atoms with Crippen LogP contribution in [0.2, 0.25) is 0 Å². The van der Waals surface area contributed by atoms with Crippen molar-refractivity contribution >= 4 is 13.6 Å². The number of hydrogen-bond donors (Lipinski definition) is 2. The molecule has 0 heterocycles. The van der Waals surface area contributed by atoms with E-state index in [4.69, 9.17) is 19.4 Å². The van der Waals surface area contributed by atoms with Crippen molar-refractivity contribution in [2.75, 3.05) is 0 Å². The maximum Gasteiger partial charge on any atom is 0.707 e. The molecule has 0 amide bonds. The number of ether oxygens (including phenoxy) is 1. The summed E-state index contributed by atoms with van der Waals surface area (Å²) in [5, 5.41) is 17.8. The Morgan fingerprint density at radius 1 is 1.10 bits per heavy atom. The lowest BCUT2D eigenvalue weighted by atomic mass is 10.1. The zero-order valence-electron chi connectivity index (χ0n) is 11.5. The fourth-order valence-electron chi connectivity index (χ4n) is 1.79. The van der Waals surface area contributed by atoms with Crippen molar-refractivity contribution in [1.29, 1.82) is 0 Å². The second-order valence-electron chi connectivity index (χ2n) is 4.54. The first-order chi connectivity index (χ1) is 10.1. The number of aldehydes is 1. The Bertz CT molecular complexity index is 610. The van der Waals surface area contributed by atoms with E-state index in [1.165, 1.54) is 0 Å². The van der Waals surface area contributed by atoms with Gasteiger partial charge in [0.2, 0.25) is 0 Å². The van der Waals surface area contributed by atoms with E-state index in [0.717, 1.165) is 17.4 Å². The summed E-state index contributed by atoms with van der Waals surface area (Å²) in [5.74, 6) is 0.669. The van der Waals surface area contributed by atoms with Crippen molar-refractivity contribution in [1.82, 2.24) is 0 Å². The molecule has 21 heavy (non-hydrogen) atoms. The second kappa shape index (κ2) is 6.92. The van der Waals surface area contributed by atoms with E-state index in [-0.39, 0.29) is 12.4 Å². The van der Waals surface area contributed by atoms with Gasteiger partial charge in [-0.15, -0.1) is 0 Å². The first-order valence-electron chi connectivity index (χ1n) is 6.39. The lowest BCUT2D eigenvalue weighted by Gasteiger charge is -2.13. The highest BCUT2D eigenvalue weighted by Gasteiger charge is 2.15. The maximum absolute atomic E-state index is 10.6. The number of hydrogen-bond acceptors (Lipinski definition) is 5. The molecule has 0 unspecified atom stereocenters. The Morgan fingerprint density at radius 3 is 2.43 bits per heavy atom. The minimum absolute atomic E-state index is 0.250. The molecule has 0 spiro atoms. The quantitative estimate of drug-likeness (QED) is 0.625. The van der Waals surface area contributed by atoms with Crippen molar-refractivity contribution in [3.63, 3.8) is 0 Å². The average molecular weight is 286 g/mol. The van der Waals surface area contributed by atoms with E-state index in [2.05, 4.69) is 0 Å². The highest BCUT2D eigenvalue weighted by Crippen LogP contribution is 2.29. The predicted molar refractivity (Wildman–Crippen MR) is 78.2 cm³/mol. The number of aryl methyl sites for hydroxylation is 1. The Labute approximate surface area is 122 Å². The fourth-order valence-corrected chi connectivity index (χ4v) is 1.79. The van der Waals surface area contributed by atoms with Crippen molar-refractivity contribution in [2.45, 2.75) is 13.5 Å². The molecule has 0 aliphatic carbocycles. The summed E-state index contributed by atoms with van der Waals surface area (Å²) in [6.07, 6.45) is 0.778. The van der Waals surface area contributed by atoms with Crippen molar-refractivity contribution in [3.05, 3.63) is 59.2 Å². The van der Waals surface area contributed by atoms with Crippen LogP contribution >= 0.6 is 0 Å². The summed E-state index contributed by atoms with van der Waals surface area (Å²) in [6.45, 7) is 2.17. The van der Waals surface area contributed by atoms with Crippen LogP contribution in [0.4, 0.5) is 0 Å². The summed E-state index contributed by atoms with van der Waals surface area (Å²) in [7, 11) is -1.90. The molecular formula is C15H15BO5. The van der Waals surface area contributed by atoms with Crippen LogP contribution in [0.1, 0.15) is 21.5 Å². The summed E-state index contributed by atoms with van der Waals surface area (Å²) >= 11 is 0. The number of carbonyl (C=O) groups is 1. The second-order valence-corrected chi connectivity index (χ2v) is 4.54. The van der Waals surface area contributed by atoms with E-state index < -0.39 is 7.32 Å². The van der Waals surface area contributed by atoms with Gasteiger partial charge in [0.1, 0.15) is 18.6 Å². The van der Waals surface area contributed by atoms with Crippen molar-refractivity contribution in [2.24, 2.45) is 0 Å². The normalized spacial score (nSPS) is 10.0. The molecule has 0 saturated carbocycles. The number of rotatable bonds is 6. The van der Waals surface area contributed by atoms with Gasteiger partial charge in [-0.25, -0.2) is 0 Å². The smallest absolute Gasteiger partial charge is 0.509 e. The van der Waals surface area contributed by atoms with Gasteiger partial charge in [-0.3, -0.25) is 4.79 Å². The third-order valence-corrected chi connectivity index (χ3v) is 2.84. The summed E-state index contributed by atoms with van der Waals surface area (Å²) in [6, 6.07) is 12.1. The summed E-state index contributed by atoms with van der Waals surface area (Å²) in [5.41, 5.74) is 2.44. The van der Waals surface area contributed by atoms with E-state index in [0.29, 0.717) is 11.3 Å². The molecule has 2 rings (SSSR count). The van der Waals surface area contributed by atoms with Gasteiger partial charge in [-0.2, -0.15) is 0 Å². The van der Waals surface area contributed by atoms with Gasteiger partial charge in [0.25, 0.3) is 0 Å². The van der Waals surface area contributed by atoms with Crippen LogP contribution in [-0.2, 0) is 6.61 Å². The summed E-state index contributed by atoms with van der Waals surface area (Å²) < 4.78 is 10.5. The van der Waals surface area contributed by atoms with E-state index in [1.54, 1.807) is 42.5 Å². The lowest BCUT2D eigenvalue weighted by Crippen LogP contribution is -2.21. The van der Waals surface area contributed by atoms with Crippen molar-refractivity contribution in [3.8, 4) is 11.5 Å². The molecule has 0 fully saturated rings. The Morgan fingerprint density at radius 2 is 1.81 bits per heavy atom. The molecule has 2 N–H and O–H groups in total. The molecule has 0 radical (unpaired) electrons. The Kier molecular flexibility index (Phi) is 4.97. The minimum Gasteiger partial charge on any atom is -0.509 e. The molecule has 0 saturated heterocycles. The standard InChI is InChI=1S/C15H15BO5/c1-11-2-7-14(21-16(18)19)15(8-11)20-10-13-5-3-12(9-17)4-6-13/h2-9,18-19H,10H2,1H3. The first kappa shape index (κ1) is 15.1. The van der Waals surface area contributed by atoms with E-state index >= 15 is 0 Å². The number of carbonyl (C=O) groups excluding carboxylic acids is 1. The van der Waals surface area contributed by atoms with Gasteiger partial charge in [-0.05, 0) is 30.2 Å². The maximum atomic E-state index is 10.6. The van der Waals surface area contributed by atoms with Crippen LogP contribution in [0, 0.1) is 6.92 Å². The predicted octanol–water partition coefficient (Wildman–Crippen LogP) is 1.73. The third-order valence-electron chi connectivity index (χ3n) is 2.84. The van der Waals surface area contributed by atoms with Gasteiger partial charge in [0, 0.05) is 5.56 Å². The Hall–Kier alpha value is -2.31. The van der Waals surface area contributed by atoms with Crippen LogP contribution in [0.3, 0.4) is 0 Å². The molecule has 0 aliphatic heterocycles. The van der Waals surface area contributed by atoms with Crippen molar-refractivity contribution < 1.29 is 24.2 Å². The first-order valence-corrected chi connectivity index (χ1v) is 6.39.